The predicted octanol–water partition coefficient (Wildman–Crippen LogP) is 21.5. The second-order valence-electron chi connectivity index (χ2n) is 22.2. The lowest BCUT2D eigenvalue weighted by molar-refractivity contribution is 1.04. The molecule has 0 amide bonds. The minimum Gasteiger partial charge on any atom is -0.306 e. The third kappa shape index (κ3) is 6.57. The van der Waals surface area contributed by atoms with E-state index in [0.29, 0.717) is 0 Å². The maximum absolute atomic E-state index is 6.14. The molecule has 4 nitrogen and oxygen atoms in total. The summed E-state index contributed by atoms with van der Waals surface area (Å²) in [6.07, 6.45) is 23.2. The zero-order valence-electron chi connectivity index (χ0n) is 45.8. The Morgan fingerprint density at radius 1 is 0.434 bits per heavy atom. The summed E-state index contributed by atoms with van der Waals surface area (Å²) < 4.78 is 5.16. The van der Waals surface area contributed by atoms with Crippen molar-refractivity contribution in [2.75, 3.05) is 0 Å². The molecule has 0 N–H and O–H groups in total. The Balaban J connectivity index is 1.13. The van der Waals surface area contributed by atoms with E-state index in [9.17, 15) is 0 Å². The molecule has 1 aliphatic rings. The van der Waals surface area contributed by atoms with Crippen LogP contribution < -0.4 is 0 Å². The van der Waals surface area contributed by atoms with Crippen LogP contribution in [0.25, 0.3) is 170 Å². The molecule has 0 fully saturated rings. The number of hydrogen-bond donors (Lipinski definition) is 0. The summed E-state index contributed by atoms with van der Waals surface area (Å²) in [5.41, 5.74) is 24.3. The van der Waals surface area contributed by atoms with Gasteiger partial charge in [0.25, 0.3) is 0 Å². The van der Waals surface area contributed by atoms with Crippen LogP contribution in [0.15, 0.2) is 256 Å². The van der Waals surface area contributed by atoms with Crippen molar-refractivity contribution in [2.45, 2.75) is 19.8 Å². The van der Waals surface area contributed by atoms with Crippen LogP contribution in [0.1, 0.15) is 36.5 Å². The fourth-order valence-corrected chi connectivity index (χ4v) is 14.4. The Bertz CT molecular complexity index is 5600. The van der Waals surface area contributed by atoms with Crippen LogP contribution in [0.5, 0.6) is 0 Å². The Hall–Kier alpha value is -10.7. The highest BCUT2D eigenvalue weighted by Gasteiger charge is 2.31. The smallest absolute Gasteiger partial charge is 0.100 e. The Kier molecular flexibility index (Phi) is 10.2. The largest absolute Gasteiger partial charge is 0.306 e. The highest BCUT2D eigenvalue weighted by atomic mass is 15.0. The summed E-state index contributed by atoms with van der Waals surface area (Å²) in [7, 11) is 0. The van der Waals surface area contributed by atoms with E-state index in [1.807, 2.05) is 30.4 Å². The SMILES string of the molecule is C=C/C=C\C(=C/C)c1cc2c3cc(C4=CCCC=C4)ccc3n3c2c(c1)c1c2nc4c5ccc(-c6ccccc6)c6c(-c7ccccc7)ccc(c4nc2c2c4cc(-c7ccccc7)cc7c8cc(/C(C=C)=C/C=C)ccc8n(c74)c2c13)c65. The first-order chi connectivity index (χ1) is 41.0. The zero-order chi connectivity index (χ0) is 55.2. The molecule has 0 bridgehead atoms. The molecule has 17 rings (SSSR count). The van der Waals surface area contributed by atoms with E-state index in [2.05, 4.69) is 242 Å². The maximum Gasteiger partial charge on any atom is 0.100 e. The molecule has 0 spiro atoms. The lowest BCUT2D eigenvalue weighted by atomic mass is 9.90. The van der Waals surface area contributed by atoms with Crippen LogP contribution in [0, 0.1) is 0 Å². The van der Waals surface area contributed by atoms with Gasteiger partial charge in [0, 0.05) is 59.2 Å². The van der Waals surface area contributed by atoms with Gasteiger partial charge in [-0.1, -0.05) is 208 Å². The third-order valence-electron chi connectivity index (χ3n) is 18.0. The van der Waals surface area contributed by atoms with Crippen LogP contribution in [0.2, 0.25) is 0 Å². The second kappa shape index (κ2) is 17.9. The monoisotopic (exact) mass is 1060 g/mol. The van der Waals surface area contributed by atoms with Crippen molar-refractivity contribution in [3.8, 4) is 33.4 Å². The van der Waals surface area contributed by atoms with E-state index < -0.39 is 0 Å². The summed E-state index contributed by atoms with van der Waals surface area (Å²) in [6, 6.07) is 65.4. The summed E-state index contributed by atoms with van der Waals surface area (Å²) in [6.45, 7) is 14.5. The molecule has 4 heteroatoms. The van der Waals surface area contributed by atoms with E-state index in [0.717, 1.165) is 128 Å². The number of nitrogens with zero attached hydrogens (tertiary/aromatic N) is 4. The fourth-order valence-electron chi connectivity index (χ4n) is 14.4. The van der Waals surface area contributed by atoms with Crippen molar-refractivity contribution >= 4 is 137 Å². The summed E-state index contributed by atoms with van der Waals surface area (Å²) >= 11 is 0. The standard InChI is InChI=1S/C79H52N4/c1-5-9-23-47(8-4)54-42-62-61-41-53(48-24-14-10-15-25-48)33-39-67(61)83-76(62)64(44-54)70-74-75(81-73-59-37-35-57(51-30-20-13-21-31-51)68-56(50-28-18-12-19-29-50)34-36-58(69(59)68)72(73)80-74)71-65-45-55(49-26-16-11-17-27-49)43-63-60-40-52(46(7-3)22-6-2)32-38-66(60)82(77(63)65)79(71)78(70)83/h5-9,11-14,16-45H,1-3,10,15H2,4H3/b23-9-,46-22+,47-8+. The van der Waals surface area contributed by atoms with Gasteiger partial charge in [-0.05, 0) is 140 Å². The first-order valence-electron chi connectivity index (χ1n) is 28.8. The van der Waals surface area contributed by atoms with Crippen LogP contribution in [-0.4, -0.2) is 18.8 Å². The van der Waals surface area contributed by atoms with E-state index in [-0.39, 0.29) is 0 Å². The molecule has 16 aromatic rings. The van der Waals surface area contributed by atoms with Gasteiger partial charge in [-0.25, -0.2) is 9.97 Å². The van der Waals surface area contributed by atoms with Crippen molar-refractivity contribution in [2.24, 2.45) is 0 Å². The summed E-state index contributed by atoms with van der Waals surface area (Å²) in [5.74, 6) is 0. The molecule has 1 aliphatic carbocycles. The van der Waals surface area contributed by atoms with Crippen LogP contribution in [0.3, 0.4) is 0 Å². The van der Waals surface area contributed by atoms with Crippen LogP contribution >= 0.6 is 0 Å². The molecule has 11 aromatic carbocycles. The molecule has 0 aliphatic heterocycles. The number of fused-ring (bicyclic) bond motifs is 19. The lowest BCUT2D eigenvalue weighted by Crippen LogP contribution is -1.93. The minimum atomic E-state index is 0.890. The van der Waals surface area contributed by atoms with Crippen molar-refractivity contribution < 1.29 is 0 Å². The van der Waals surface area contributed by atoms with E-state index in [4.69, 9.17) is 9.97 Å². The van der Waals surface area contributed by atoms with Gasteiger partial charge < -0.3 is 8.80 Å². The summed E-state index contributed by atoms with van der Waals surface area (Å²) in [5, 5.41) is 13.8. The predicted molar refractivity (Wildman–Crippen MR) is 357 cm³/mol. The van der Waals surface area contributed by atoms with Gasteiger partial charge in [0.1, 0.15) is 11.0 Å². The number of rotatable bonds is 10. The van der Waals surface area contributed by atoms with Crippen LogP contribution in [-0.2, 0) is 0 Å². The Morgan fingerprint density at radius 3 is 1.58 bits per heavy atom. The van der Waals surface area contributed by atoms with Crippen molar-refractivity contribution in [3.63, 3.8) is 0 Å². The molecule has 0 saturated carbocycles. The van der Waals surface area contributed by atoms with Gasteiger partial charge in [0.2, 0.25) is 0 Å². The molecule has 5 heterocycles. The number of allylic oxidation sites excluding steroid dienone is 13. The summed E-state index contributed by atoms with van der Waals surface area (Å²) in [4.78, 5) is 12.3. The highest BCUT2D eigenvalue weighted by Crippen LogP contribution is 2.53. The maximum atomic E-state index is 6.14. The number of benzene rings is 10. The average Bonchev–Trinajstić information content (AvgIpc) is 1.54. The van der Waals surface area contributed by atoms with E-state index in [1.165, 1.54) is 71.2 Å². The fraction of sp³-hybridized carbons (Fsp3) is 0.0380. The molecule has 5 aromatic heterocycles. The average molecular weight is 1060 g/mol. The normalized spacial score (nSPS) is 13.8. The van der Waals surface area contributed by atoms with Gasteiger partial charge in [0.15, 0.2) is 0 Å². The van der Waals surface area contributed by atoms with Gasteiger partial charge >= 0.3 is 0 Å². The third-order valence-corrected chi connectivity index (χ3v) is 18.0. The first kappa shape index (κ1) is 47.2. The van der Waals surface area contributed by atoms with Crippen molar-refractivity contribution in [1.82, 2.24) is 18.8 Å². The van der Waals surface area contributed by atoms with Crippen molar-refractivity contribution in [3.05, 3.63) is 273 Å². The molecule has 0 radical (unpaired) electrons. The van der Waals surface area contributed by atoms with Gasteiger partial charge in [-0.3, -0.25) is 0 Å². The highest BCUT2D eigenvalue weighted by molar-refractivity contribution is 6.42. The van der Waals surface area contributed by atoms with E-state index in [1.54, 1.807) is 0 Å². The van der Waals surface area contributed by atoms with Crippen LogP contribution in [0.4, 0.5) is 0 Å². The molecule has 83 heavy (non-hydrogen) atoms. The quantitative estimate of drug-likeness (QED) is 0.128. The number of hydrogen-bond acceptors (Lipinski definition) is 2. The topological polar surface area (TPSA) is 34.6 Å². The minimum absolute atomic E-state index is 0.890. The lowest BCUT2D eigenvalue weighted by Gasteiger charge is -2.13. The van der Waals surface area contributed by atoms with Gasteiger partial charge in [-0.2, -0.15) is 0 Å². The molecule has 388 valence electrons. The second-order valence-corrected chi connectivity index (χ2v) is 22.2. The first-order valence-corrected chi connectivity index (χ1v) is 28.8. The zero-order valence-corrected chi connectivity index (χ0v) is 45.8. The molecule has 0 unspecified atom stereocenters. The van der Waals surface area contributed by atoms with Gasteiger partial charge in [-0.15, -0.1) is 0 Å². The molecule has 0 saturated heterocycles. The van der Waals surface area contributed by atoms with Crippen molar-refractivity contribution in [1.29, 1.82) is 0 Å². The molecular weight excluding hydrogens is 1000 g/mol. The Labute approximate surface area is 478 Å². The van der Waals surface area contributed by atoms with E-state index >= 15 is 0 Å². The number of aromatic nitrogens is 4. The molecular formula is C79H52N4. The Morgan fingerprint density at radius 2 is 0.988 bits per heavy atom. The molecule has 0 atom stereocenters. The van der Waals surface area contributed by atoms with Gasteiger partial charge in [0.05, 0.1) is 44.1 Å².